The maximum atomic E-state index is 4.27. The van der Waals surface area contributed by atoms with E-state index in [-0.39, 0.29) is 0 Å². The molecule has 0 bridgehead atoms. The lowest BCUT2D eigenvalue weighted by molar-refractivity contribution is 0.445. The van der Waals surface area contributed by atoms with E-state index in [4.69, 9.17) is 0 Å². The quantitative estimate of drug-likeness (QED) is 0.619. The Bertz CT molecular complexity index is 270. The molecule has 0 atom stereocenters. The summed E-state index contributed by atoms with van der Waals surface area (Å²) >= 11 is 2.48. The number of hydrogen-bond donors (Lipinski definition) is 0. The predicted octanol–water partition coefficient (Wildman–Crippen LogP) is 2.13. The maximum absolute atomic E-state index is 4.27. The molecule has 1 aliphatic heterocycles. The van der Waals surface area contributed by atoms with Gasteiger partial charge in [-0.05, 0) is 24.8 Å². The van der Waals surface area contributed by atoms with Gasteiger partial charge in [0, 0.05) is 29.9 Å². The van der Waals surface area contributed by atoms with E-state index in [9.17, 15) is 0 Å². The van der Waals surface area contributed by atoms with E-state index in [0.29, 0.717) is 0 Å². The summed E-state index contributed by atoms with van der Waals surface area (Å²) in [7, 11) is 0. The summed E-state index contributed by atoms with van der Waals surface area (Å²) in [4.78, 5) is 10.8. The largest absolute Gasteiger partial charge is 0.341 e. The lowest BCUT2D eigenvalue weighted by Crippen LogP contribution is -2.35. The Labute approximate surface area is 98.1 Å². The molecular weight excluding hydrogens is 289 g/mol. The van der Waals surface area contributed by atoms with Crippen LogP contribution in [-0.4, -0.2) is 27.5 Å². The van der Waals surface area contributed by atoms with Gasteiger partial charge >= 0.3 is 0 Å². The highest BCUT2D eigenvalue weighted by Gasteiger charge is 2.19. The van der Waals surface area contributed by atoms with Crippen LogP contribution in [0.2, 0.25) is 0 Å². The van der Waals surface area contributed by atoms with Crippen LogP contribution in [0.15, 0.2) is 18.5 Å². The summed E-state index contributed by atoms with van der Waals surface area (Å²) in [5.41, 5.74) is 0. The number of rotatable bonds is 2. The van der Waals surface area contributed by atoms with Crippen LogP contribution in [-0.2, 0) is 0 Å². The summed E-state index contributed by atoms with van der Waals surface area (Å²) in [5.74, 6) is 1.79. The second-order valence-corrected chi connectivity index (χ2v) is 4.51. The van der Waals surface area contributed by atoms with Crippen LogP contribution in [0.4, 0.5) is 5.95 Å². The topological polar surface area (TPSA) is 29.0 Å². The van der Waals surface area contributed by atoms with E-state index in [1.807, 2.05) is 18.5 Å². The van der Waals surface area contributed by atoms with Gasteiger partial charge in [-0.15, -0.1) is 0 Å². The Morgan fingerprint density at radius 1 is 1.29 bits per heavy atom. The Balaban J connectivity index is 1.96. The molecule has 3 nitrogen and oxygen atoms in total. The first-order chi connectivity index (χ1) is 6.90. The third-order valence-electron chi connectivity index (χ3n) is 2.67. The van der Waals surface area contributed by atoms with Crippen molar-refractivity contribution in [3.8, 4) is 0 Å². The molecule has 1 aliphatic rings. The van der Waals surface area contributed by atoms with Crippen molar-refractivity contribution in [3.05, 3.63) is 18.5 Å². The highest BCUT2D eigenvalue weighted by atomic mass is 127. The molecule has 2 heterocycles. The van der Waals surface area contributed by atoms with E-state index in [2.05, 4.69) is 37.5 Å². The molecular formula is C10H14IN3. The minimum Gasteiger partial charge on any atom is -0.341 e. The fourth-order valence-electron chi connectivity index (χ4n) is 1.74. The summed E-state index contributed by atoms with van der Waals surface area (Å²) in [6, 6.07) is 1.86. The number of halogens is 1. The van der Waals surface area contributed by atoms with E-state index in [1.165, 1.54) is 17.3 Å². The van der Waals surface area contributed by atoms with Gasteiger partial charge in [-0.1, -0.05) is 22.6 Å². The third kappa shape index (κ3) is 2.34. The Morgan fingerprint density at radius 3 is 2.50 bits per heavy atom. The van der Waals surface area contributed by atoms with E-state index < -0.39 is 0 Å². The minimum absolute atomic E-state index is 0.888. The molecule has 76 valence electrons. The van der Waals surface area contributed by atoms with Crippen molar-refractivity contribution in [3.63, 3.8) is 0 Å². The Hall–Kier alpha value is -0.390. The average molecular weight is 303 g/mol. The highest BCUT2D eigenvalue weighted by Crippen LogP contribution is 2.21. The number of alkyl halides is 1. The molecule has 1 fully saturated rings. The van der Waals surface area contributed by atoms with Crippen LogP contribution in [0.25, 0.3) is 0 Å². The summed E-state index contributed by atoms with van der Waals surface area (Å²) < 4.78 is 1.28. The molecule has 0 amide bonds. The second kappa shape index (κ2) is 4.91. The van der Waals surface area contributed by atoms with Crippen molar-refractivity contribution in [1.29, 1.82) is 0 Å². The molecule has 0 aromatic carbocycles. The van der Waals surface area contributed by atoms with E-state index in [0.717, 1.165) is 25.0 Å². The average Bonchev–Trinajstić information content (AvgIpc) is 2.30. The van der Waals surface area contributed by atoms with Crippen molar-refractivity contribution >= 4 is 28.5 Å². The van der Waals surface area contributed by atoms with Crippen LogP contribution in [0, 0.1) is 5.92 Å². The van der Waals surface area contributed by atoms with Crippen molar-refractivity contribution in [2.24, 2.45) is 5.92 Å². The minimum atomic E-state index is 0.888. The number of nitrogens with zero attached hydrogens (tertiary/aromatic N) is 3. The lowest BCUT2D eigenvalue weighted by Gasteiger charge is -2.30. The molecule has 0 N–H and O–H groups in total. The highest BCUT2D eigenvalue weighted by molar-refractivity contribution is 14.1. The SMILES string of the molecule is ICC1CCN(c2ncccn2)CC1. The van der Waals surface area contributed by atoms with Crippen molar-refractivity contribution in [2.45, 2.75) is 12.8 Å². The molecule has 14 heavy (non-hydrogen) atoms. The molecule has 0 radical (unpaired) electrons. The standard InChI is InChI=1S/C10H14IN3/c11-8-9-2-6-14(7-3-9)10-12-4-1-5-13-10/h1,4-5,9H,2-3,6-8H2. The lowest BCUT2D eigenvalue weighted by atomic mass is 10.00. The Kier molecular flexibility index (Phi) is 3.55. The molecule has 0 spiro atoms. The number of aromatic nitrogens is 2. The zero-order valence-electron chi connectivity index (χ0n) is 8.06. The second-order valence-electron chi connectivity index (χ2n) is 3.63. The van der Waals surface area contributed by atoms with E-state index >= 15 is 0 Å². The van der Waals surface area contributed by atoms with Crippen molar-refractivity contribution in [2.75, 3.05) is 22.4 Å². The van der Waals surface area contributed by atoms with Crippen LogP contribution in [0.5, 0.6) is 0 Å². The van der Waals surface area contributed by atoms with Crippen LogP contribution in [0.1, 0.15) is 12.8 Å². The molecule has 1 aromatic heterocycles. The van der Waals surface area contributed by atoms with Crippen LogP contribution < -0.4 is 4.90 Å². The number of hydrogen-bond acceptors (Lipinski definition) is 3. The van der Waals surface area contributed by atoms with Gasteiger partial charge in [0.05, 0.1) is 0 Å². The maximum Gasteiger partial charge on any atom is 0.225 e. The number of anilines is 1. The van der Waals surface area contributed by atoms with Crippen molar-refractivity contribution in [1.82, 2.24) is 9.97 Å². The van der Waals surface area contributed by atoms with Gasteiger partial charge in [-0.3, -0.25) is 0 Å². The van der Waals surface area contributed by atoms with Crippen LogP contribution >= 0.6 is 22.6 Å². The van der Waals surface area contributed by atoms with Crippen LogP contribution in [0.3, 0.4) is 0 Å². The molecule has 0 aliphatic carbocycles. The first-order valence-corrected chi connectivity index (χ1v) is 6.50. The summed E-state index contributed by atoms with van der Waals surface area (Å²) in [6.07, 6.45) is 6.18. The number of piperidine rings is 1. The first-order valence-electron chi connectivity index (χ1n) is 4.98. The Morgan fingerprint density at radius 2 is 1.93 bits per heavy atom. The zero-order chi connectivity index (χ0) is 9.80. The van der Waals surface area contributed by atoms with Gasteiger partial charge in [0.1, 0.15) is 0 Å². The van der Waals surface area contributed by atoms with Crippen molar-refractivity contribution < 1.29 is 0 Å². The zero-order valence-corrected chi connectivity index (χ0v) is 10.2. The molecule has 1 saturated heterocycles. The third-order valence-corrected chi connectivity index (χ3v) is 3.91. The fourth-order valence-corrected chi connectivity index (χ4v) is 2.62. The summed E-state index contributed by atoms with van der Waals surface area (Å²) in [6.45, 7) is 2.22. The van der Waals surface area contributed by atoms with Gasteiger partial charge in [0.15, 0.2) is 0 Å². The molecule has 0 saturated carbocycles. The fraction of sp³-hybridized carbons (Fsp3) is 0.600. The predicted molar refractivity (Wildman–Crippen MR) is 65.9 cm³/mol. The molecule has 0 unspecified atom stereocenters. The van der Waals surface area contributed by atoms with E-state index in [1.54, 1.807) is 0 Å². The van der Waals surface area contributed by atoms with Gasteiger partial charge < -0.3 is 4.90 Å². The molecule has 4 heteroatoms. The first kappa shape index (κ1) is 10.1. The molecule has 1 aromatic rings. The smallest absolute Gasteiger partial charge is 0.225 e. The monoisotopic (exact) mass is 303 g/mol. The summed E-state index contributed by atoms with van der Waals surface area (Å²) in [5, 5.41) is 0. The molecule has 2 rings (SSSR count). The van der Waals surface area contributed by atoms with Gasteiger partial charge in [0.25, 0.3) is 0 Å². The normalized spacial score (nSPS) is 18.5. The van der Waals surface area contributed by atoms with Gasteiger partial charge in [0.2, 0.25) is 5.95 Å². The van der Waals surface area contributed by atoms with Gasteiger partial charge in [-0.25, -0.2) is 9.97 Å². The van der Waals surface area contributed by atoms with Gasteiger partial charge in [-0.2, -0.15) is 0 Å².